The second-order valence-electron chi connectivity index (χ2n) is 4.23. The highest BCUT2D eigenvalue weighted by Gasteiger charge is 2.24. The van der Waals surface area contributed by atoms with Crippen LogP contribution < -0.4 is 0 Å². The number of fused-ring (bicyclic) bond motifs is 3. The van der Waals surface area contributed by atoms with Gasteiger partial charge in [-0.25, -0.2) is 0 Å². The van der Waals surface area contributed by atoms with Gasteiger partial charge in [0.1, 0.15) is 0 Å². The molecule has 1 aliphatic carbocycles. The van der Waals surface area contributed by atoms with E-state index in [1.165, 1.54) is 6.08 Å². The molecule has 0 N–H and O–H groups in total. The summed E-state index contributed by atoms with van der Waals surface area (Å²) in [6.45, 7) is 1.87. The molecule has 0 atom stereocenters. The SMILES string of the molecule is CC1=CC(=O)C(=O)c2ccc3ccccc3c21. The molecule has 0 radical (unpaired) electrons. The Kier molecular flexibility index (Phi) is 1.99. The Morgan fingerprint density at radius 1 is 0.941 bits per heavy atom. The third-order valence-corrected chi connectivity index (χ3v) is 3.14. The molecule has 0 saturated carbocycles. The zero-order valence-electron chi connectivity index (χ0n) is 9.36. The molecule has 3 rings (SSSR count). The Morgan fingerprint density at radius 3 is 2.53 bits per heavy atom. The molecule has 0 saturated heterocycles. The van der Waals surface area contributed by atoms with Crippen LogP contribution in [0.25, 0.3) is 16.3 Å². The molecule has 0 fully saturated rings. The summed E-state index contributed by atoms with van der Waals surface area (Å²) in [5.74, 6) is -0.832. The molecule has 17 heavy (non-hydrogen) atoms. The highest BCUT2D eigenvalue weighted by atomic mass is 16.2. The number of carbonyl (C=O) groups excluding carboxylic acids is 2. The molecule has 0 heterocycles. The van der Waals surface area contributed by atoms with E-state index in [1.54, 1.807) is 6.07 Å². The van der Waals surface area contributed by atoms with Crippen LogP contribution >= 0.6 is 0 Å². The Hall–Kier alpha value is -2.22. The maximum atomic E-state index is 11.8. The Balaban J connectivity index is 2.47. The molecule has 2 aromatic carbocycles. The average Bonchev–Trinajstić information content (AvgIpc) is 2.35. The number of carbonyl (C=O) groups is 2. The quantitative estimate of drug-likeness (QED) is 0.642. The van der Waals surface area contributed by atoms with Gasteiger partial charge in [0, 0.05) is 5.56 Å². The van der Waals surface area contributed by atoms with Crippen LogP contribution in [0.4, 0.5) is 0 Å². The molecule has 0 aliphatic heterocycles. The van der Waals surface area contributed by atoms with Crippen LogP contribution in [-0.4, -0.2) is 11.6 Å². The summed E-state index contributed by atoms with van der Waals surface area (Å²) in [6, 6.07) is 11.5. The van der Waals surface area contributed by atoms with Gasteiger partial charge in [-0.3, -0.25) is 9.59 Å². The first-order chi connectivity index (χ1) is 8.18. The van der Waals surface area contributed by atoms with Crippen molar-refractivity contribution < 1.29 is 9.59 Å². The standard InChI is InChI=1S/C15H10O2/c1-9-8-13(16)15(17)12-7-6-10-4-2-3-5-11(10)14(9)12/h2-8H,1H3. The van der Waals surface area contributed by atoms with Crippen LogP contribution in [0.3, 0.4) is 0 Å². The van der Waals surface area contributed by atoms with Crippen molar-refractivity contribution in [1.29, 1.82) is 0 Å². The van der Waals surface area contributed by atoms with Gasteiger partial charge in [0.2, 0.25) is 11.6 Å². The maximum Gasteiger partial charge on any atom is 0.233 e. The lowest BCUT2D eigenvalue weighted by atomic mass is 9.86. The molecule has 0 unspecified atom stereocenters. The van der Waals surface area contributed by atoms with E-state index >= 15 is 0 Å². The van der Waals surface area contributed by atoms with E-state index in [9.17, 15) is 9.59 Å². The zero-order chi connectivity index (χ0) is 12.0. The van der Waals surface area contributed by atoms with Gasteiger partial charge in [-0.05, 0) is 41.0 Å². The third-order valence-electron chi connectivity index (χ3n) is 3.14. The molecule has 0 amide bonds. The van der Waals surface area contributed by atoms with Crippen LogP contribution in [0.2, 0.25) is 0 Å². The van der Waals surface area contributed by atoms with E-state index in [4.69, 9.17) is 0 Å². The summed E-state index contributed by atoms with van der Waals surface area (Å²) in [5.41, 5.74) is 2.28. The van der Waals surface area contributed by atoms with Gasteiger partial charge in [-0.1, -0.05) is 30.3 Å². The number of rotatable bonds is 0. The van der Waals surface area contributed by atoms with Crippen molar-refractivity contribution in [2.45, 2.75) is 6.92 Å². The number of Topliss-reactive ketones (excluding diaryl/α,β-unsaturated/α-hetero) is 1. The summed E-state index contributed by atoms with van der Waals surface area (Å²) in [6.07, 6.45) is 1.43. The summed E-state index contributed by atoms with van der Waals surface area (Å²) >= 11 is 0. The van der Waals surface area contributed by atoms with E-state index in [2.05, 4.69) is 0 Å². The smallest absolute Gasteiger partial charge is 0.233 e. The van der Waals surface area contributed by atoms with Gasteiger partial charge in [0.15, 0.2) is 0 Å². The lowest BCUT2D eigenvalue weighted by Crippen LogP contribution is -2.18. The van der Waals surface area contributed by atoms with Crippen LogP contribution in [0, 0.1) is 0 Å². The highest BCUT2D eigenvalue weighted by Crippen LogP contribution is 2.31. The second kappa shape index (κ2) is 3.39. The first kappa shape index (κ1) is 9.97. The molecule has 2 aromatic rings. The molecule has 0 bridgehead atoms. The fraction of sp³-hybridized carbons (Fsp3) is 0.0667. The Labute approximate surface area is 98.6 Å². The fourth-order valence-corrected chi connectivity index (χ4v) is 2.35. The molecule has 0 spiro atoms. The van der Waals surface area contributed by atoms with Gasteiger partial charge in [-0.15, -0.1) is 0 Å². The summed E-state index contributed by atoms with van der Waals surface area (Å²) < 4.78 is 0. The lowest BCUT2D eigenvalue weighted by Gasteiger charge is -2.15. The van der Waals surface area contributed by atoms with E-state index < -0.39 is 11.6 Å². The predicted octanol–water partition coefficient (Wildman–Crippen LogP) is 3.01. The Bertz CT molecular complexity index is 693. The second-order valence-corrected chi connectivity index (χ2v) is 4.23. The van der Waals surface area contributed by atoms with Gasteiger partial charge in [0.25, 0.3) is 0 Å². The molecular weight excluding hydrogens is 212 g/mol. The van der Waals surface area contributed by atoms with Crippen molar-refractivity contribution in [3.63, 3.8) is 0 Å². The minimum Gasteiger partial charge on any atom is -0.286 e. The molecule has 0 aromatic heterocycles. The Morgan fingerprint density at radius 2 is 1.71 bits per heavy atom. The number of hydrogen-bond donors (Lipinski definition) is 0. The number of benzene rings is 2. The lowest BCUT2D eigenvalue weighted by molar-refractivity contribution is -0.111. The molecule has 2 heteroatoms. The van der Waals surface area contributed by atoms with E-state index in [0.29, 0.717) is 5.56 Å². The average molecular weight is 222 g/mol. The van der Waals surface area contributed by atoms with E-state index in [-0.39, 0.29) is 0 Å². The zero-order valence-corrected chi connectivity index (χ0v) is 9.36. The van der Waals surface area contributed by atoms with Gasteiger partial charge in [-0.2, -0.15) is 0 Å². The van der Waals surface area contributed by atoms with Crippen LogP contribution in [0.5, 0.6) is 0 Å². The van der Waals surface area contributed by atoms with E-state index in [1.807, 2.05) is 37.3 Å². The molecular formula is C15H10O2. The highest BCUT2D eigenvalue weighted by molar-refractivity contribution is 6.51. The minimum atomic E-state index is -0.426. The van der Waals surface area contributed by atoms with E-state index in [0.717, 1.165) is 21.9 Å². The van der Waals surface area contributed by atoms with Crippen LogP contribution in [0.1, 0.15) is 22.8 Å². The minimum absolute atomic E-state index is 0.406. The van der Waals surface area contributed by atoms with Crippen molar-refractivity contribution in [3.05, 3.63) is 53.6 Å². The number of allylic oxidation sites excluding steroid dienone is 2. The van der Waals surface area contributed by atoms with Crippen LogP contribution in [0.15, 0.2) is 42.5 Å². The van der Waals surface area contributed by atoms with Crippen molar-refractivity contribution in [2.75, 3.05) is 0 Å². The largest absolute Gasteiger partial charge is 0.286 e. The van der Waals surface area contributed by atoms with Gasteiger partial charge in [0.05, 0.1) is 0 Å². The number of hydrogen-bond acceptors (Lipinski definition) is 2. The maximum absolute atomic E-state index is 11.8. The topological polar surface area (TPSA) is 34.1 Å². The monoisotopic (exact) mass is 222 g/mol. The first-order valence-corrected chi connectivity index (χ1v) is 5.47. The first-order valence-electron chi connectivity index (χ1n) is 5.47. The summed E-state index contributed by atoms with van der Waals surface area (Å²) in [7, 11) is 0. The number of ketones is 2. The molecule has 1 aliphatic rings. The third kappa shape index (κ3) is 1.34. The predicted molar refractivity (Wildman–Crippen MR) is 66.9 cm³/mol. The van der Waals surface area contributed by atoms with Crippen LogP contribution in [-0.2, 0) is 4.79 Å². The van der Waals surface area contributed by atoms with Crippen molar-refractivity contribution in [1.82, 2.24) is 0 Å². The van der Waals surface area contributed by atoms with Crippen molar-refractivity contribution in [3.8, 4) is 0 Å². The van der Waals surface area contributed by atoms with Gasteiger partial charge < -0.3 is 0 Å². The van der Waals surface area contributed by atoms with Gasteiger partial charge >= 0.3 is 0 Å². The fourth-order valence-electron chi connectivity index (χ4n) is 2.35. The summed E-state index contributed by atoms with van der Waals surface area (Å²) in [4.78, 5) is 23.3. The normalized spacial score (nSPS) is 14.8. The van der Waals surface area contributed by atoms with Crippen molar-refractivity contribution in [2.24, 2.45) is 0 Å². The molecule has 82 valence electrons. The summed E-state index contributed by atoms with van der Waals surface area (Å²) in [5, 5.41) is 2.11. The molecule has 2 nitrogen and oxygen atoms in total. The van der Waals surface area contributed by atoms with Crippen molar-refractivity contribution >= 4 is 27.9 Å².